The Balaban J connectivity index is 2.38. The summed E-state index contributed by atoms with van der Waals surface area (Å²) in [6, 6.07) is 7.78. The van der Waals surface area contributed by atoms with Crippen LogP contribution < -0.4 is 5.73 Å². The van der Waals surface area contributed by atoms with Gasteiger partial charge in [0.05, 0.1) is 6.04 Å². The third-order valence-corrected chi connectivity index (χ3v) is 3.23. The molecule has 2 nitrogen and oxygen atoms in total. The van der Waals surface area contributed by atoms with Crippen molar-refractivity contribution in [2.75, 3.05) is 0 Å². The van der Waals surface area contributed by atoms with Gasteiger partial charge in [-0.2, -0.15) is 0 Å². The number of benzene rings is 1. The van der Waals surface area contributed by atoms with Crippen molar-refractivity contribution in [2.45, 2.75) is 12.5 Å². The van der Waals surface area contributed by atoms with Gasteiger partial charge in [-0.3, -0.25) is 0 Å². The van der Waals surface area contributed by atoms with Crippen LogP contribution in [-0.4, -0.2) is 12.3 Å². The predicted molar refractivity (Wildman–Crippen MR) is 59.6 cm³/mol. The lowest BCUT2D eigenvalue weighted by atomic mass is 10.1. The Morgan fingerprint density at radius 2 is 2.21 bits per heavy atom. The van der Waals surface area contributed by atoms with E-state index in [0.29, 0.717) is 6.42 Å². The smallest absolute Gasteiger partial charge is 0.137 e. The maximum Gasteiger partial charge on any atom is 0.137 e. The largest absolute Gasteiger partial charge is 0.321 e. The quantitative estimate of drug-likeness (QED) is 0.778. The molecule has 0 saturated carbocycles. The lowest BCUT2D eigenvalue weighted by molar-refractivity contribution is -0.108. The summed E-state index contributed by atoms with van der Waals surface area (Å²) in [5, 5.41) is 4.54. The van der Waals surface area contributed by atoms with Crippen molar-refractivity contribution < 1.29 is 4.79 Å². The molecule has 72 valence electrons. The van der Waals surface area contributed by atoms with Gasteiger partial charge in [-0.15, -0.1) is 11.3 Å². The Labute approximate surface area is 86.3 Å². The van der Waals surface area contributed by atoms with E-state index in [2.05, 4.69) is 17.5 Å². The number of aldehydes is 1. The number of nitrogens with two attached hydrogens (primary N) is 1. The van der Waals surface area contributed by atoms with Gasteiger partial charge in [0, 0.05) is 11.3 Å². The summed E-state index contributed by atoms with van der Waals surface area (Å²) in [5.41, 5.74) is 5.59. The minimum atomic E-state index is -0.378. The Morgan fingerprint density at radius 1 is 1.43 bits per heavy atom. The fourth-order valence-corrected chi connectivity index (χ4v) is 2.55. The second-order valence-corrected chi connectivity index (χ2v) is 4.21. The first-order valence-electron chi connectivity index (χ1n) is 4.47. The lowest BCUT2D eigenvalue weighted by Gasteiger charge is -2.01. The van der Waals surface area contributed by atoms with Gasteiger partial charge in [-0.05, 0) is 16.2 Å². The van der Waals surface area contributed by atoms with E-state index in [-0.39, 0.29) is 6.04 Å². The fraction of sp³-hybridized carbons (Fsp3) is 0.182. The molecule has 1 aromatic heterocycles. The fourth-order valence-electron chi connectivity index (χ4n) is 1.47. The molecule has 0 amide bonds. The highest BCUT2D eigenvalue weighted by molar-refractivity contribution is 7.11. The molecule has 0 saturated heterocycles. The number of hydrogen-bond acceptors (Lipinski definition) is 3. The second-order valence-electron chi connectivity index (χ2n) is 3.25. The first kappa shape index (κ1) is 9.37. The monoisotopic (exact) mass is 205 g/mol. The van der Waals surface area contributed by atoms with Crippen molar-refractivity contribution in [1.29, 1.82) is 0 Å². The molecule has 0 unspecified atom stereocenters. The van der Waals surface area contributed by atoms with Crippen molar-refractivity contribution in [1.82, 2.24) is 0 Å². The highest BCUT2D eigenvalue weighted by Gasteiger charge is 2.07. The van der Waals surface area contributed by atoms with Crippen LogP contribution in [0, 0.1) is 0 Å². The number of rotatable bonds is 3. The second kappa shape index (κ2) is 3.90. The normalized spacial score (nSPS) is 12.9. The number of carbonyl (C=O) groups excluding carboxylic acids is 1. The van der Waals surface area contributed by atoms with E-state index in [1.54, 1.807) is 11.3 Å². The van der Waals surface area contributed by atoms with Crippen molar-refractivity contribution in [3.63, 3.8) is 0 Å². The summed E-state index contributed by atoms with van der Waals surface area (Å²) >= 11 is 1.67. The number of hydrogen-bond donors (Lipinski definition) is 1. The van der Waals surface area contributed by atoms with Crippen LogP contribution in [0.1, 0.15) is 4.88 Å². The third kappa shape index (κ3) is 1.69. The Kier molecular flexibility index (Phi) is 2.61. The van der Waals surface area contributed by atoms with Crippen LogP contribution in [0.4, 0.5) is 0 Å². The van der Waals surface area contributed by atoms with Crippen molar-refractivity contribution in [3.05, 3.63) is 34.5 Å². The van der Waals surface area contributed by atoms with E-state index in [1.807, 2.05) is 12.1 Å². The summed E-state index contributed by atoms with van der Waals surface area (Å²) in [6.45, 7) is 0. The van der Waals surface area contributed by atoms with Crippen molar-refractivity contribution >= 4 is 28.4 Å². The summed E-state index contributed by atoms with van der Waals surface area (Å²) in [4.78, 5) is 11.6. The molecule has 2 N–H and O–H groups in total. The molecule has 0 radical (unpaired) electrons. The molecule has 14 heavy (non-hydrogen) atoms. The van der Waals surface area contributed by atoms with E-state index >= 15 is 0 Å². The van der Waals surface area contributed by atoms with Gasteiger partial charge in [0.15, 0.2) is 0 Å². The molecule has 1 heterocycles. The van der Waals surface area contributed by atoms with Gasteiger partial charge in [-0.25, -0.2) is 0 Å². The third-order valence-electron chi connectivity index (χ3n) is 2.19. The first-order valence-corrected chi connectivity index (χ1v) is 5.35. The van der Waals surface area contributed by atoms with E-state index in [0.717, 1.165) is 6.29 Å². The van der Waals surface area contributed by atoms with Crippen molar-refractivity contribution in [2.24, 2.45) is 5.73 Å². The van der Waals surface area contributed by atoms with Crippen LogP contribution in [-0.2, 0) is 11.2 Å². The average Bonchev–Trinajstić information content (AvgIpc) is 2.62. The molecular formula is C11H11NOS. The molecule has 0 aliphatic heterocycles. The molecule has 2 aromatic rings. The van der Waals surface area contributed by atoms with Crippen LogP contribution in [0.15, 0.2) is 29.6 Å². The molecule has 1 atom stereocenters. The first-order chi connectivity index (χ1) is 6.81. The van der Waals surface area contributed by atoms with Crippen molar-refractivity contribution in [3.8, 4) is 0 Å². The zero-order chi connectivity index (χ0) is 9.97. The van der Waals surface area contributed by atoms with Gasteiger partial charge in [0.25, 0.3) is 0 Å². The van der Waals surface area contributed by atoms with E-state index in [1.165, 1.54) is 15.6 Å². The molecule has 0 aliphatic carbocycles. The summed E-state index contributed by atoms with van der Waals surface area (Å²) < 4.78 is 0. The highest BCUT2D eigenvalue weighted by atomic mass is 32.1. The van der Waals surface area contributed by atoms with Gasteiger partial charge in [0.2, 0.25) is 0 Å². The Hall–Kier alpha value is -1.19. The molecule has 0 fully saturated rings. The van der Waals surface area contributed by atoms with Crippen LogP contribution in [0.2, 0.25) is 0 Å². The molecule has 0 aliphatic rings. The summed E-state index contributed by atoms with van der Waals surface area (Å²) in [6.07, 6.45) is 1.44. The molecule has 1 aromatic carbocycles. The van der Waals surface area contributed by atoms with Crippen LogP contribution in [0.25, 0.3) is 10.8 Å². The van der Waals surface area contributed by atoms with Gasteiger partial charge >= 0.3 is 0 Å². The minimum absolute atomic E-state index is 0.378. The lowest BCUT2D eigenvalue weighted by Crippen LogP contribution is -2.23. The van der Waals surface area contributed by atoms with E-state index in [9.17, 15) is 4.79 Å². The zero-order valence-corrected chi connectivity index (χ0v) is 8.46. The number of thiophene rings is 1. The minimum Gasteiger partial charge on any atom is -0.321 e. The topological polar surface area (TPSA) is 43.1 Å². The van der Waals surface area contributed by atoms with Gasteiger partial charge in [0.1, 0.15) is 6.29 Å². The number of fused-ring (bicyclic) bond motifs is 1. The standard InChI is InChI=1S/C11H11NOS/c12-9(6-13)5-11-10-4-2-1-3-8(10)7-14-11/h1-4,6-7,9H,5,12H2/t9-/m0/s1. The summed E-state index contributed by atoms with van der Waals surface area (Å²) in [5.74, 6) is 0. The average molecular weight is 205 g/mol. The summed E-state index contributed by atoms with van der Waals surface area (Å²) in [7, 11) is 0. The van der Waals surface area contributed by atoms with Crippen LogP contribution in [0.5, 0.6) is 0 Å². The van der Waals surface area contributed by atoms with E-state index in [4.69, 9.17) is 5.73 Å². The Morgan fingerprint density at radius 3 is 3.00 bits per heavy atom. The zero-order valence-electron chi connectivity index (χ0n) is 7.64. The van der Waals surface area contributed by atoms with Gasteiger partial charge in [-0.1, -0.05) is 24.3 Å². The van der Waals surface area contributed by atoms with Crippen LogP contribution >= 0.6 is 11.3 Å². The van der Waals surface area contributed by atoms with Gasteiger partial charge < -0.3 is 10.5 Å². The predicted octanol–water partition coefficient (Wildman–Crippen LogP) is 1.97. The SMILES string of the molecule is N[C@H](C=O)Cc1scc2ccccc12. The maximum atomic E-state index is 10.4. The molecule has 0 spiro atoms. The van der Waals surface area contributed by atoms with E-state index < -0.39 is 0 Å². The molecule has 3 heteroatoms. The maximum absolute atomic E-state index is 10.4. The molecular weight excluding hydrogens is 194 g/mol. The molecule has 2 rings (SSSR count). The Bertz CT molecular complexity index is 449. The molecule has 0 bridgehead atoms. The number of carbonyl (C=O) groups is 1. The van der Waals surface area contributed by atoms with Crippen LogP contribution in [0.3, 0.4) is 0 Å². The highest BCUT2D eigenvalue weighted by Crippen LogP contribution is 2.26.